The standard InChI is InChI=1S/C21H13BrN2O3/c22-17-10-6-14(7-11-17)19-23-20(27-24-19)15-8-12-18(13-9-15)26-21(25)16-4-2-1-3-5-16/h1-13H. The summed E-state index contributed by atoms with van der Waals surface area (Å²) in [7, 11) is 0. The summed E-state index contributed by atoms with van der Waals surface area (Å²) in [5.41, 5.74) is 2.10. The maximum Gasteiger partial charge on any atom is 0.343 e. The van der Waals surface area contributed by atoms with Crippen molar-refractivity contribution >= 4 is 21.9 Å². The molecule has 0 amide bonds. The van der Waals surface area contributed by atoms with E-state index >= 15 is 0 Å². The van der Waals surface area contributed by atoms with E-state index in [1.807, 2.05) is 30.3 Å². The van der Waals surface area contributed by atoms with Crippen molar-refractivity contribution in [3.63, 3.8) is 0 Å². The number of rotatable bonds is 4. The van der Waals surface area contributed by atoms with Crippen molar-refractivity contribution in [3.05, 3.63) is 88.9 Å². The highest BCUT2D eigenvalue weighted by Crippen LogP contribution is 2.25. The number of hydrogen-bond donors (Lipinski definition) is 0. The van der Waals surface area contributed by atoms with Crippen molar-refractivity contribution in [2.75, 3.05) is 0 Å². The number of hydrogen-bond acceptors (Lipinski definition) is 5. The largest absolute Gasteiger partial charge is 0.423 e. The Morgan fingerprint density at radius 1 is 0.852 bits per heavy atom. The van der Waals surface area contributed by atoms with Crippen LogP contribution in [0, 0.1) is 0 Å². The molecule has 3 aromatic carbocycles. The van der Waals surface area contributed by atoms with E-state index in [4.69, 9.17) is 9.26 Å². The molecule has 0 saturated heterocycles. The molecule has 0 aliphatic heterocycles. The number of ether oxygens (including phenoxy) is 1. The van der Waals surface area contributed by atoms with Gasteiger partial charge in [0.15, 0.2) is 0 Å². The van der Waals surface area contributed by atoms with Crippen LogP contribution in [0.15, 0.2) is 87.9 Å². The highest BCUT2D eigenvalue weighted by Gasteiger charge is 2.12. The molecule has 0 atom stereocenters. The van der Waals surface area contributed by atoms with E-state index in [0.717, 1.165) is 15.6 Å². The van der Waals surface area contributed by atoms with E-state index < -0.39 is 5.97 Å². The second-order valence-corrected chi connectivity index (χ2v) is 6.63. The fourth-order valence-electron chi connectivity index (χ4n) is 2.46. The molecule has 132 valence electrons. The molecule has 0 aliphatic rings. The number of carbonyl (C=O) groups is 1. The van der Waals surface area contributed by atoms with Crippen LogP contribution in [0.5, 0.6) is 5.75 Å². The van der Waals surface area contributed by atoms with Crippen LogP contribution in [0.1, 0.15) is 10.4 Å². The van der Waals surface area contributed by atoms with E-state index in [0.29, 0.717) is 23.0 Å². The Morgan fingerprint density at radius 3 is 2.22 bits per heavy atom. The Labute approximate surface area is 163 Å². The van der Waals surface area contributed by atoms with Gasteiger partial charge in [0.2, 0.25) is 5.82 Å². The van der Waals surface area contributed by atoms with E-state index in [-0.39, 0.29) is 0 Å². The lowest BCUT2D eigenvalue weighted by molar-refractivity contribution is 0.0735. The zero-order valence-electron chi connectivity index (χ0n) is 14.0. The lowest BCUT2D eigenvalue weighted by Gasteiger charge is -2.04. The summed E-state index contributed by atoms with van der Waals surface area (Å²) in [5, 5.41) is 4.02. The van der Waals surface area contributed by atoms with Gasteiger partial charge in [0, 0.05) is 15.6 Å². The van der Waals surface area contributed by atoms with Gasteiger partial charge in [-0.05, 0) is 60.7 Å². The Morgan fingerprint density at radius 2 is 1.52 bits per heavy atom. The first kappa shape index (κ1) is 17.2. The summed E-state index contributed by atoms with van der Waals surface area (Å²) >= 11 is 3.40. The van der Waals surface area contributed by atoms with Crippen LogP contribution in [0.4, 0.5) is 0 Å². The second kappa shape index (κ2) is 7.55. The third kappa shape index (κ3) is 3.96. The minimum atomic E-state index is -0.404. The predicted molar refractivity (Wildman–Crippen MR) is 104 cm³/mol. The molecule has 6 heteroatoms. The van der Waals surface area contributed by atoms with Gasteiger partial charge < -0.3 is 9.26 Å². The van der Waals surface area contributed by atoms with Gasteiger partial charge in [-0.3, -0.25) is 0 Å². The van der Waals surface area contributed by atoms with Crippen molar-refractivity contribution in [3.8, 4) is 28.6 Å². The average molecular weight is 421 g/mol. The van der Waals surface area contributed by atoms with Crippen LogP contribution in [-0.2, 0) is 0 Å². The molecule has 1 heterocycles. The van der Waals surface area contributed by atoms with Crippen molar-refractivity contribution in [1.29, 1.82) is 0 Å². The van der Waals surface area contributed by atoms with Gasteiger partial charge in [0.05, 0.1) is 5.56 Å². The number of benzene rings is 3. The number of halogens is 1. The monoisotopic (exact) mass is 420 g/mol. The molecule has 4 rings (SSSR count). The van der Waals surface area contributed by atoms with Crippen molar-refractivity contribution < 1.29 is 14.1 Å². The van der Waals surface area contributed by atoms with Crippen molar-refractivity contribution in [1.82, 2.24) is 10.1 Å². The lowest BCUT2D eigenvalue weighted by atomic mass is 10.2. The SMILES string of the molecule is O=C(Oc1ccc(-c2nc(-c3ccc(Br)cc3)no2)cc1)c1ccccc1. The molecule has 27 heavy (non-hydrogen) atoms. The first-order valence-corrected chi connectivity index (χ1v) is 8.96. The van der Waals surface area contributed by atoms with Gasteiger partial charge in [0.25, 0.3) is 5.89 Å². The fourth-order valence-corrected chi connectivity index (χ4v) is 2.73. The van der Waals surface area contributed by atoms with Crippen molar-refractivity contribution in [2.45, 2.75) is 0 Å². The topological polar surface area (TPSA) is 65.2 Å². The molecule has 0 fully saturated rings. The number of esters is 1. The van der Waals surface area contributed by atoms with E-state index in [2.05, 4.69) is 26.1 Å². The summed E-state index contributed by atoms with van der Waals surface area (Å²) in [4.78, 5) is 16.5. The average Bonchev–Trinajstić information content (AvgIpc) is 3.20. The van der Waals surface area contributed by atoms with Crippen LogP contribution in [0.25, 0.3) is 22.8 Å². The highest BCUT2D eigenvalue weighted by atomic mass is 79.9. The molecular weight excluding hydrogens is 408 g/mol. The fraction of sp³-hybridized carbons (Fsp3) is 0. The summed E-state index contributed by atoms with van der Waals surface area (Å²) in [6.45, 7) is 0. The van der Waals surface area contributed by atoms with Crippen LogP contribution in [0.3, 0.4) is 0 Å². The number of nitrogens with zero attached hydrogens (tertiary/aromatic N) is 2. The van der Waals surface area contributed by atoms with E-state index in [9.17, 15) is 4.79 Å². The Kier molecular flexibility index (Phi) is 4.80. The Hall–Kier alpha value is -3.25. The smallest absolute Gasteiger partial charge is 0.343 e. The van der Waals surface area contributed by atoms with Gasteiger partial charge in [-0.15, -0.1) is 0 Å². The molecule has 0 spiro atoms. The van der Waals surface area contributed by atoms with Crippen LogP contribution >= 0.6 is 15.9 Å². The summed E-state index contributed by atoms with van der Waals surface area (Å²) in [6, 6.07) is 23.4. The molecular formula is C21H13BrN2O3. The molecule has 0 unspecified atom stereocenters. The maximum absolute atomic E-state index is 12.1. The maximum atomic E-state index is 12.1. The van der Waals surface area contributed by atoms with Crippen molar-refractivity contribution in [2.24, 2.45) is 0 Å². The molecule has 0 saturated carbocycles. The van der Waals surface area contributed by atoms with Gasteiger partial charge >= 0.3 is 5.97 Å². The normalized spacial score (nSPS) is 10.6. The first-order chi connectivity index (χ1) is 13.2. The van der Waals surface area contributed by atoms with Gasteiger partial charge in [0.1, 0.15) is 5.75 Å². The highest BCUT2D eigenvalue weighted by molar-refractivity contribution is 9.10. The third-order valence-corrected chi connectivity index (χ3v) is 4.38. The molecule has 0 radical (unpaired) electrons. The molecule has 1 aromatic heterocycles. The Balaban J connectivity index is 1.49. The molecule has 0 bridgehead atoms. The van der Waals surface area contributed by atoms with E-state index in [1.165, 1.54) is 0 Å². The lowest BCUT2D eigenvalue weighted by Crippen LogP contribution is -2.07. The number of carbonyl (C=O) groups excluding carboxylic acids is 1. The van der Waals surface area contributed by atoms with Gasteiger partial charge in [-0.2, -0.15) is 4.98 Å². The van der Waals surface area contributed by atoms with E-state index in [1.54, 1.807) is 48.5 Å². The first-order valence-electron chi connectivity index (χ1n) is 8.16. The molecule has 5 nitrogen and oxygen atoms in total. The predicted octanol–water partition coefficient (Wildman–Crippen LogP) is 5.39. The zero-order valence-corrected chi connectivity index (χ0v) is 15.6. The number of aromatic nitrogens is 2. The molecule has 0 aliphatic carbocycles. The summed E-state index contributed by atoms with van der Waals surface area (Å²) in [5.74, 6) is 0.949. The van der Waals surface area contributed by atoms with Crippen LogP contribution < -0.4 is 4.74 Å². The minimum absolute atomic E-state index is 0.397. The van der Waals surface area contributed by atoms with Gasteiger partial charge in [-0.1, -0.05) is 39.3 Å². The van der Waals surface area contributed by atoms with Crippen LogP contribution in [0.2, 0.25) is 0 Å². The van der Waals surface area contributed by atoms with Gasteiger partial charge in [-0.25, -0.2) is 4.79 Å². The zero-order chi connectivity index (χ0) is 18.6. The second-order valence-electron chi connectivity index (χ2n) is 5.71. The third-order valence-electron chi connectivity index (χ3n) is 3.85. The quantitative estimate of drug-likeness (QED) is 0.327. The molecule has 4 aromatic rings. The minimum Gasteiger partial charge on any atom is -0.423 e. The summed E-state index contributed by atoms with van der Waals surface area (Å²) < 4.78 is 11.7. The molecule has 0 N–H and O–H groups in total. The van der Waals surface area contributed by atoms with Crippen LogP contribution in [-0.4, -0.2) is 16.1 Å². The summed E-state index contributed by atoms with van der Waals surface area (Å²) in [6.07, 6.45) is 0. The Bertz CT molecular complexity index is 1060.